The number of hydrogen-bond donors (Lipinski definition) is 1. The summed E-state index contributed by atoms with van der Waals surface area (Å²) in [5.74, 6) is -0.251. The van der Waals surface area contributed by atoms with Crippen molar-refractivity contribution >= 4 is 21.9 Å². The van der Waals surface area contributed by atoms with Gasteiger partial charge in [0.15, 0.2) is 0 Å². The summed E-state index contributed by atoms with van der Waals surface area (Å²) >= 11 is 0. The summed E-state index contributed by atoms with van der Waals surface area (Å²) in [4.78, 5) is 15.3. The van der Waals surface area contributed by atoms with Gasteiger partial charge >= 0.3 is 5.97 Å². The van der Waals surface area contributed by atoms with Crippen LogP contribution in [0.15, 0.2) is 48.7 Å². The zero-order chi connectivity index (χ0) is 16.7. The number of esters is 1. The largest absolute Gasteiger partial charge is 0.465 e. The molecule has 8 heteroatoms. The van der Waals surface area contributed by atoms with E-state index in [4.69, 9.17) is 4.18 Å². The summed E-state index contributed by atoms with van der Waals surface area (Å²) in [7, 11) is -2.47. The third kappa shape index (κ3) is 5.35. The van der Waals surface area contributed by atoms with E-state index in [1.54, 1.807) is 36.5 Å². The van der Waals surface area contributed by atoms with E-state index in [2.05, 4.69) is 15.0 Å². The molecule has 23 heavy (non-hydrogen) atoms. The maximum Gasteiger partial charge on any atom is 0.337 e. The standard InChI is InChI=1S/C15H16N2O5S/c1-21-15(18)13-7-5-12(6-8-13)10-23(19,20)22-11-17-14-4-2-3-9-16-14/h2-9H,10-11H2,1H3,(H,16,17). The number of nitrogens with zero attached hydrogens (tertiary/aromatic N) is 1. The fraction of sp³-hybridized carbons (Fsp3) is 0.200. The van der Waals surface area contributed by atoms with Gasteiger partial charge in [0.25, 0.3) is 10.1 Å². The first-order valence-electron chi connectivity index (χ1n) is 6.69. The predicted octanol–water partition coefficient (Wildman–Crippen LogP) is 1.78. The van der Waals surface area contributed by atoms with Crippen molar-refractivity contribution in [2.75, 3.05) is 19.2 Å². The first-order chi connectivity index (χ1) is 11.0. The lowest BCUT2D eigenvalue weighted by Crippen LogP contribution is -2.15. The highest BCUT2D eigenvalue weighted by Gasteiger charge is 2.13. The molecule has 1 heterocycles. The molecule has 1 aromatic carbocycles. The minimum absolute atomic E-state index is 0.209. The molecule has 0 spiro atoms. The molecule has 1 N–H and O–H groups in total. The van der Waals surface area contributed by atoms with Gasteiger partial charge in [0.2, 0.25) is 0 Å². The van der Waals surface area contributed by atoms with Crippen LogP contribution in [0.2, 0.25) is 0 Å². The Bertz CT molecular complexity index is 745. The van der Waals surface area contributed by atoms with Gasteiger partial charge in [0.05, 0.1) is 12.7 Å². The number of ether oxygens (including phenoxy) is 1. The Balaban J connectivity index is 1.89. The molecule has 0 fully saturated rings. The maximum atomic E-state index is 11.9. The summed E-state index contributed by atoms with van der Waals surface area (Å²) < 4.78 is 33.2. The first-order valence-corrected chi connectivity index (χ1v) is 8.27. The van der Waals surface area contributed by atoms with Crippen LogP contribution in [-0.2, 0) is 24.8 Å². The molecule has 0 bridgehead atoms. The maximum absolute atomic E-state index is 11.9. The molecule has 0 aliphatic rings. The van der Waals surface area contributed by atoms with E-state index >= 15 is 0 Å². The van der Waals surface area contributed by atoms with E-state index in [-0.39, 0.29) is 12.5 Å². The second kappa shape index (κ2) is 7.70. The van der Waals surface area contributed by atoms with E-state index in [0.29, 0.717) is 16.9 Å². The SMILES string of the molecule is COC(=O)c1ccc(CS(=O)(=O)OCNc2ccccn2)cc1. The number of hydrogen-bond acceptors (Lipinski definition) is 7. The number of carbonyl (C=O) groups is 1. The van der Waals surface area contributed by atoms with Crippen LogP contribution in [0.5, 0.6) is 0 Å². The monoisotopic (exact) mass is 336 g/mol. The van der Waals surface area contributed by atoms with E-state index < -0.39 is 16.1 Å². The van der Waals surface area contributed by atoms with Crippen molar-refractivity contribution in [2.24, 2.45) is 0 Å². The number of carbonyl (C=O) groups excluding carboxylic acids is 1. The molecule has 0 radical (unpaired) electrons. The molecular formula is C15H16N2O5S. The van der Waals surface area contributed by atoms with Gasteiger partial charge in [-0.15, -0.1) is 0 Å². The van der Waals surface area contributed by atoms with Crippen LogP contribution in [0, 0.1) is 0 Å². The number of rotatable bonds is 7. The Hall–Kier alpha value is -2.45. The van der Waals surface area contributed by atoms with Crippen molar-refractivity contribution < 1.29 is 22.1 Å². The van der Waals surface area contributed by atoms with Gasteiger partial charge in [-0.3, -0.25) is 0 Å². The van der Waals surface area contributed by atoms with Gasteiger partial charge in [0.1, 0.15) is 18.3 Å². The summed E-state index contributed by atoms with van der Waals surface area (Å²) in [5.41, 5.74) is 0.863. The Kier molecular flexibility index (Phi) is 5.67. The lowest BCUT2D eigenvalue weighted by molar-refractivity contribution is 0.0600. The molecule has 0 saturated heterocycles. The highest BCUT2D eigenvalue weighted by Crippen LogP contribution is 2.11. The fourth-order valence-electron chi connectivity index (χ4n) is 1.76. The summed E-state index contributed by atoms with van der Waals surface area (Å²) in [6, 6.07) is 11.3. The molecular weight excluding hydrogens is 320 g/mol. The van der Waals surface area contributed by atoms with E-state index in [1.165, 1.54) is 19.2 Å². The van der Waals surface area contributed by atoms with Crippen LogP contribution < -0.4 is 5.32 Å². The van der Waals surface area contributed by atoms with Crippen molar-refractivity contribution in [1.82, 2.24) is 4.98 Å². The Labute approximate surface area is 134 Å². The first kappa shape index (κ1) is 16.9. The topological polar surface area (TPSA) is 94.6 Å². The van der Waals surface area contributed by atoms with Crippen LogP contribution in [0.4, 0.5) is 5.82 Å². The highest BCUT2D eigenvalue weighted by atomic mass is 32.2. The van der Waals surface area contributed by atoms with Gasteiger partial charge in [0, 0.05) is 6.20 Å². The summed E-state index contributed by atoms with van der Waals surface area (Å²) in [6.07, 6.45) is 1.58. The zero-order valence-electron chi connectivity index (χ0n) is 12.4. The van der Waals surface area contributed by atoms with Crippen molar-refractivity contribution in [3.8, 4) is 0 Å². The molecule has 2 aromatic rings. The molecule has 0 saturated carbocycles. The van der Waals surface area contributed by atoms with Gasteiger partial charge in [-0.25, -0.2) is 14.0 Å². The third-order valence-corrected chi connectivity index (χ3v) is 4.04. The van der Waals surface area contributed by atoms with Gasteiger partial charge in [-0.05, 0) is 29.8 Å². The molecule has 122 valence electrons. The minimum Gasteiger partial charge on any atom is -0.465 e. The third-order valence-electron chi connectivity index (χ3n) is 2.88. The minimum atomic E-state index is -3.75. The van der Waals surface area contributed by atoms with Crippen LogP contribution in [0.3, 0.4) is 0 Å². The lowest BCUT2D eigenvalue weighted by atomic mass is 10.1. The second-order valence-corrected chi connectivity index (χ2v) is 6.18. The number of pyridine rings is 1. The van der Waals surface area contributed by atoms with Crippen molar-refractivity contribution in [1.29, 1.82) is 0 Å². The molecule has 7 nitrogen and oxygen atoms in total. The molecule has 0 unspecified atom stereocenters. The van der Waals surface area contributed by atoms with Crippen molar-refractivity contribution in [3.63, 3.8) is 0 Å². The fourth-order valence-corrected chi connectivity index (χ4v) is 2.68. The van der Waals surface area contributed by atoms with Crippen molar-refractivity contribution in [2.45, 2.75) is 5.75 Å². The van der Waals surface area contributed by atoms with Gasteiger partial charge in [-0.2, -0.15) is 8.42 Å². The Morgan fingerprint density at radius 2 is 1.91 bits per heavy atom. The average Bonchev–Trinajstić information content (AvgIpc) is 2.55. The number of benzene rings is 1. The zero-order valence-corrected chi connectivity index (χ0v) is 13.2. The average molecular weight is 336 g/mol. The lowest BCUT2D eigenvalue weighted by Gasteiger charge is -2.08. The Morgan fingerprint density at radius 1 is 1.17 bits per heavy atom. The van der Waals surface area contributed by atoms with Crippen LogP contribution in [0.25, 0.3) is 0 Å². The van der Waals surface area contributed by atoms with Crippen LogP contribution in [0.1, 0.15) is 15.9 Å². The Morgan fingerprint density at radius 3 is 2.52 bits per heavy atom. The molecule has 0 aliphatic carbocycles. The molecule has 0 atom stereocenters. The summed E-state index contributed by atoms with van der Waals surface area (Å²) in [5, 5.41) is 2.74. The second-order valence-electron chi connectivity index (χ2n) is 4.54. The molecule has 2 rings (SSSR count). The predicted molar refractivity (Wildman–Crippen MR) is 84.2 cm³/mol. The van der Waals surface area contributed by atoms with Crippen LogP contribution in [-0.4, -0.2) is 33.2 Å². The van der Waals surface area contributed by atoms with E-state index in [9.17, 15) is 13.2 Å². The molecule has 1 aromatic heterocycles. The number of nitrogens with one attached hydrogen (secondary N) is 1. The number of anilines is 1. The van der Waals surface area contributed by atoms with Crippen LogP contribution >= 0.6 is 0 Å². The number of aromatic nitrogens is 1. The molecule has 0 aliphatic heterocycles. The highest BCUT2D eigenvalue weighted by molar-refractivity contribution is 7.85. The smallest absolute Gasteiger partial charge is 0.337 e. The molecule has 0 amide bonds. The van der Waals surface area contributed by atoms with Crippen molar-refractivity contribution in [3.05, 3.63) is 59.8 Å². The summed E-state index contributed by atoms with van der Waals surface area (Å²) in [6.45, 7) is -0.209. The van der Waals surface area contributed by atoms with E-state index in [0.717, 1.165) is 0 Å². The van der Waals surface area contributed by atoms with E-state index in [1.807, 2.05) is 0 Å². The normalized spacial score (nSPS) is 11.0. The van der Waals surface area contributed by atoms with Gasteiger partial charge < -0.3 is 10.1 Å². The number of methoxy groups -OCH3 is 1. The van der Waals surface area contributed by atoms with Gasteiger partial charge in [-0.1, -0.05) is 18.2 Å². The quantitative estimate of drug-likeness (QED) is 0.468.